The molecule has 1 amide bonds. The number of phosphoric ester groups is 1. The first-order valence-corrected chi connectivity index (χ1v) is 22.1. The van der Waals surface area contributed by atoms with E-state index in [9.17, 15) is 34.1 Å². The summed E-state index contributed by atoms with van der Waals surface area (Å²) in [6.07, 6.45) is 31.6. The van der Waals surface area contributed by atoms with Crippen LogP contribution in [-0.4, -0.2) is 64.9 Å². The van der Waals surface area contributed by atoms with Crippen LogP contribution in [0.4, 0.5) is 0 Å². The SMILES string of the molecule is CCCCCCCCCCCCCCCCCCCCCC(=O)OCC(O)COP(=O)(O)OCC(NC(=O)CCCCCCCCCC)C(=O)O. The van der Waals surface area contributed by atoms with Gasteiger partial charge in [-0.2, -0.15) is 0 Å². The summed E-state index contributed by atoms with van der Waals surface area (Å²) in [7, 11) is -4.74. The number of carbonyl (C=O) groups is 3. The number of carboxylic acids is 1. The average Bonchev–Trinajstić information content (AvgIpc) is 3.10. The molecule has 11 nitrogen and oxygen atoms in total. The molecule has 0 saturated heterocycles. The average molecular weight is 750 g/mol. The first-order chi connectivity index (χ1) is 24.6. The molecule has 51 heavy (non-hydrogen) atoms. The molecule has 0 aliphatic carbocycles. The lowest BCUT2D eigenvalue weighted by Gasteiger charge is -2.18. The lowest BCUT2D eigenvalue weighted by Crippen LogP contribution is -2.43. The lowest BCUT2D eigenvalue weighted by atomic mass is 10.0. The second kappa shape index (κ2) is 35.5. The Bertz CT molecular complexity index is 890. The maximum absolute atomic E-state index is 12.2. The van der Waals surface area contributed by atoms with Gasteiger partial charge in [-0.1, -0.05) is 174 Å². The second-order valence-corrected chi connectivity index (χ2v) is 15.6. The summed E-state index contributed by atoms with van der Waals surface area (Å²) in [5.74, 6) is -2.36. The van der Waals surface area contributed by atoms with Crippen molar-refractivity contribution in [1.29, 1.82) is 0 Å². The van der Waals surface area contributed by atoms with Gasteiger partial charge < -0.3 is 25.2 Å². The fourth-order valence-electron chi connectivity index (χ4n) is 5.90. The molecule has 0 spiro atoms. The van der Waals surface area contributed by atoms with Gasteiger partial charge in [0.25, 0.3) is 0 Å². The Kier molecular flexibility index (Phi) is 34.4. The monoisotopic (exact) mass is 750 g/mol. The Morgan fingerprint density at radius 3 is 1.29 bits per heavy atom. The number of nitrogens with one attached hydrogen (secondary N) is 1. The zero-order valence-electron chi connectivity index (χ0n) is 32.4. The first-order valence-electron chi connectivity index (χ1n) is 20.6. The molecule has 0 heterocycles. The van der Waals surface area contributed by atoms with Gasteiger partial charge in [0.05, 0.1) is 13.2 Å². The van der Waals surface area contributed by atoms with E-state index < -0.39 is 57.6 Å². The van der Waals surface area contributed by atoms with Gasteiger partial charge in [-0.3, -0.25) is 18.6 Å². The van der Waals surface area contributed by atoms with Gasteiger partial charge >= 0.3 is 19.8 Å². The van der Waals surface area contributed by atoms with Crippen LogP contribution >= 0.6 is 7.82 Å². The molecule has 0 fully saturated rings. The van der Waals surface area contributed by atoms with Crippen LogP contribution in [-0.2, 0) is 32.7 Å². The van der Waals surface area contributed by atoms with Crippen molar-refractivity contribution in [2.24, 2.45) is 0 Å². The topological polar surface area (TPSA) is 169 Å². The Morgan fingerprint density at radius 1 is 0.549 bits per heavy atom. The summed E-state index contributed by atoms with van der Waals surface area (Å²) in [6, 6.07) is -1.54. The molecule has 0 aliphatic rings. The van der Waals surface area contributed by atoms with Crippen LogP contribution in [0, 0.1) is 0 Å². The summed E-state index contributed by atoms with van der Waals surface area (Å²) in [6.45, 7) is 2.55. The third kappa shape index (κ3) is 35.3. The highest BCUT2D eigenvalue weighted by atomic mass is 31.2. The van der Waals surface area contributed by atoms with E-state index in [1.54, 1.807) is 0 Å². The van der Waals surface area contributed by atoms with Crippen molar-refractivity contribution in [1.82, 2.24) is 5.32 Å². The van der Waals surface area contributed by atoms with Crippen LogP contribution in [0.2, 0.25) is 0 Å². The van der Waals surface area contributed by atoms with Gasteiger partial charge in [0, 0.05) is 12.8 Å². The van der Waals surface area contributed by atoms with Crippen LogP contribution in [0.15, 0.2) is 0 Å². The molecule has 0 radical (unpaired) electrons. The van der Waals surface area contributed by atoms with E-state index in [4.69, 9.17) is 13.8 Å². The van der Waals surface area contributed by atoms with Crippen molar-refractivity contribution < 1.29 is 47.8 Å². The van der Waals surface area contributed by atoms with Gasteiger partial charge in [-0.25, -0.2) is 9.36 Å². The van der Waals surface area contributed by atoms with E-state index in [-0.39, 0.29) is 12.8 Å². The van der Waals surface area contributed by atoms with Crippen LogP contribution < -0.4 is 5.32 Å². The van der Waals surface area contributed by atoms with Crippen LogP contribution in [0.25, 0.3) is 0 Å². The van der Waals surface area contributed by atoms with Crippen molar-refractivity contribution in [2.75, 3.05) is 19.8 Å². The third-order valence-corrected chi connectivity index (χ3v) is 10.1. The molecule has 0 bridgehead atoms. The summed E-state index contributed by atoms with van der Waals surface area (Å²) in [5.41, 5.74) is 0. The highest BCUT2D eigenvalue weighted by Gasteiger charge is 2.28. The van der Waals surface area contributed by atoms with Crippen molar-refractivity contribution in [3.05, 3.63) is 0 Å². The Morgan fingerprint density at radius 2 is 0.902 bits per heavy atom. The number of aliphatic hydroxyl groups excluding tert-OH is 1. The number of rotatable bonds is 39. The fourth-order valence-corrected chi connectivity index (χ4v) is 6.68. The molecule has 0 saturated carbocycles. The molecule has 302 valence electrons. The standard InChI is InChI=1S/C39H76NO10P/c1-3-5-7-9-11-13-14-15-16-17-18-19-20-21-22-23-25-27-29-31-38(43)48-32-35(41)33-49-51(46,47)50-34-36(39(44)45)40-37(42)30-28-26-24-12-10-8-6-4-2/h35-36,41H,3-34H2,1-2H3,(H,40,42)(H,44,45)(H,46,47). The minimum Gasteiger partial charge on any atom is -0.480 e. The molecule has 3 atom stereocenters. The summed E-state index contributed by atoms with van der Waals surface area (Å²) < 4.78 is 26.7. The van der Waals surface area contributed by atoms with Crippen molar-refractivity contribution in [3.63, 3.8) is 0 Å². The molecule has 12 heteroatoms. The molecular weight excluding hydrogens is 673 g/mol. The number of unbranched alkanes of at least 4 members (excludes halogenated alkanes) is 25. The molecular formula is C39H76NO10P. The Balaban J connectivity index is 3.81. The van der Waals surface area contributed by atoms with E-state index in [1.807, 2.05) is 0 Å². The quantitative estimate of drug-likeness (QED) is 0.0270. The zero-order valence-corrected chi connectivity index (χ0v) is 33.3. The predicted octanol–water partition coefficient (Wildman–Crippen LogP) is 9.95. The molecule has 3 unspecified atom stereocenters. The van der Waals surface area contributed by atoms with E-state index >= 15 is 0 Å². The fraction of sp³-hybridized carbons (Fsp3) is 0.923. The Hall–Kier alpha value is -1.52. The summed E-state index contributed by atoms with van der Waals surface area (Å²) in [4.78, 5) is 45.6. The van der Waals surface area contributed by atoms with Crippen molar-refractivity contribution in [3.8, 4) is 0 Å². The highest BCUT2D eigenvalue weighted by molar-refractivity contribution is 7.47. The number of carbonyl (C=O) groups excluding carboxylic acids is 2. The van der Waals surface area contributed by atoms with Crippen molar-refractivity contribution in [2.45, 2.75) is 212 Å². The van der Waals surface area contributed by atoms with E-state index in [2.05, 4.69) is 19.2 Å². The Labute approximate surface area is 310 Å². The first kappa shape index (κ1) is 49.5. The van der Waals surface area contributed by atoms with Crippen molar-refractivity contribution >= 4 is 25.7 Å². The summed E-state index contributed by atoms with van der Waals surface area (Å²) >= 11 is 0. The lowest BCUT2D eigenvalue weighted by molar-refractivity contribution is -0.147. The molecule has 0 aromatic carbocycles. The predicted molar refractivity (Wildman–Crippen MR) is 204 cm³/mol. The van der Waals surface area contributed by atoms with Crippen LogP contribution in [0.3, 0.4) is 0 Å². The minimum atomic E-state index is -4.74. The third-order valence-electron chi connectivity index (χ3n) is 9.15. The minimum absolute atomic E-state index is 0.149. The number of esters is 1. The zero-order chi connectivity index (χ0) is 37.8. The molecule has 0 rings (SSSR count). The van der Waals surface area contributed by atoms with Gasteiger partial charge in [0.15, 0.2) is 6.04 Å². The number of aliphatic hydroxyl groups is 1. The van der Waals surface area contributed by atoms with Gasteiger partial charge in [0.2, 0.25) is 5.91 Å². The number of ether oxygens (including phenoxy) is 1. The normalized spacial score (nSPS) is 13.8. The second-order valence-electron chi connectivity index (χ2n) is 14.2. The number of hydrogen-bond acceptors (Lipinski definition) is 8. The number of hydrogen-bond donors (Lipinski definition) is 4. The van der Waals surface area contributed by atoms with Gasteiger partial charge in [0.1, 0.15) is 12.7 Å². The van der Waals surface area contributed by atoms with Gasteiger partial charge in [-0.15, -0.1) is 0 Å². The largest absolute Gasteiger partial charge is 0.480 e. The van der Waals surface area contributed by atoms with Crippen LogP contribution in [0.1, 0.15) is 200 Å². The summed E-state index contributed by atoms with van der Waals surface area (Å²) in [5, 5.41) is 21.7. The molecule has 0 aromatic rings. The number of amides is 1. The van der Waals surface area contributed by atoms with E-state index in [1.165, 1.54) is 122 Å². The van der Waals surface area contributed by atoms with Gasteiger partial charge in [-0.05, 0) is 12.8 Å². The number of phosphoric acid groups is 1. The van der Waals surface area contributed by atoms with Crippen LogP contribution in [0.5, 0.6) is 0 Å². The number of aliphatic carboxylic acids is 1. The highest BCUT2D eigenvalue weighted by Crippen LogP contribution is 2.43. The number of carboxylic acid groups (broad SMARTS) is 1. The smallest absolute Gasteiger partial charge is 0.472 e. The maximum atomic E-state index is 12.2. The molecule has 0 aromatic heterocycles. The molecule has 4 N–H and O–H groups in total. The van der Waals surface area contributed by atoms with E-state index in [0.29, 0.717) is 12.8 Å². The molecule has 0 aliphatic heterocycles. The van der Waals surface area contributed by atoms with E-state index in [0.717, 1.165) is 38.5 Å². The maximum Gasteiger partial charge on any atom is 0.472 e.